The maximum absolute atomic E-state index is 12.7. The molecule has 0 spiro atoms. The molecule has 2 aliphatic heterocycles. The maximum atomic E-state index is 12.7. The minimum atomic E-state index is -3.53. The van der Waals surface area contributed by atoms with Gasteiger partial charge >= 0.3 is 0 Å². The van der Waals surface area contributed by atoms with Gasteiger partial charge in [-0.15, -0.1) is 0 Å². The number of benzene rings is 2. The minimum Gasteiger partial charge on any atom is -0.374 e. The van der Waals surface area contributed by atoms with Crippen LogP contribution in [0, 0.1) is 0 Å². The van der Waals surface area contributed by atoms with Crippen LogP contribution < -0.4 is 10.2 Å². The molecule has 7 heteroatoms. The molecule has 2 aromatic rings. The second kappa shape index (κ2) is 8.16. The highest BCUT2D eigenvalue weighted by Gasteiger charge is 2.27. The van der Waals surface area contributed by atoms with E-state index in [2.05, 4.69) is 29.4 Å². The van der Waals surface area contributed by atoms with Crippen molar-refractivity contribution in [2.45, 2.75) is 37.1 Å². The van der Waals surface area contributed by atoms with Crippen molar-refractivity contribution in [2.24, 2.45) is 0 Å². The standard InChI is InChI=1S/C22H27N3O3S/c1-24-11-5-7-18-14-17(9-10-21(18)24)16-23-22(26)19-6-4-8-20(15-19)29(27,28)25-12-2-3-13-25/h4,6,8-10,14-15H,2-3,5,7,11-13,16H2,1H3,(H,23,26). The van der Waals surface area contributed by atoms with Gasteiger partial charge in [-0.05, 0) is 61.1 Å². The average Bonchev–Trinajstić information content (AvgIpc) is 3.28. The van der Waals surface area contributed by atoms with E-state index in [1.165, 1.54) is 21.6 Å². The monoisotopic (exact) mass is 413 g/mol. The molecule has 4 rings (SSSR count). The molecule has 0 saturated carbocycles. The zero-order valence-electron chi connectivity index (χ0n) is 16.7. The average molecular weight is 414 g/mol. The largest absolute Gasteiger partial charge is 0.374 e. The van der Waals surface area contributed by atoms with Gasteiger partial charge in [0.15, 0.2) is 0 Å². The van der Waals surface area contributed by atoms with Crippen molar-refractivity contribution in [3.8, 4) is 0 Å². The fourth-order valence-electron chi connectivity index (χ4n) is 4.11. The number of hydrogen-bond acceptors (Lipinski definition) is 4. The third-order valence-electron chi connectivity index (χ3n) is 5.75. The highest BCUT2D eigenvalue weighted by atomic mass is 32.2. The Kier molecular flexibility index (Phi) is 5.61. The van der Waals surface area contributed by atoms with Gasteiger partial charge in [-0.3, -0.25) is 4.79 Å². The van der Waals surface area contributed by atoms with Gasteiger partial charge in [-0.1, -0.05) is 18.2 Å². The molecule has 0 aliphatic carbocycles. The number of anilines is 1. The van der Waals surface area contributed by atoms with Crippen LogP contribution in [0.3, 0.4) is 0 Å². The van der Waals surface area contributed by atoms with Crippen LogP contribution in [0.5, 0.6) is 0 Å². The highest BCUT2D eigenvalue weighted by Crippen LogP contribution is 2.27. The highest BCUT2D eigenvalue weighted by molar-refractivity contribution is 7.89. The predicted molar refractivity (Wildman–Crippen MR) is 114 cm³/mol. The number of hydrogen-bond donors (Lipinski definition) is 1. The molecule has 0 radical (unpaired) electrons. The molecule has 0 aromatic heterocycles. The van der Waals surface area contributed by atoms with E-state index in [1.54, 1.807) is 18.2 Å². The fourth-order valence-corrected chi connectivity index (χ4v) is 5.67. The summed E-state index contributed by atoms with van der Waals surface area (Å²) < 4.78 is 27.0. The number of aryl methyl sites for hydroxylation is 1. The van der Waals surface area contributed by atoms with E-state index in [0.29, 0.717) is 25.2 Å². The number of nitrogens with one attached hydrogen (secondary N) is 1. The van der Waals surface area contributed by atoms with Gasteiger partial charge in [0.1, 0.15) is 0 Å². The molecule has 29 heavy (non-hydrogen) atoms. The molecule has 2 aromatic carbocycles. The van der Waals surface area contributed by atoms with Crippen LogP contribution in [-0.4, -0.2) is 45.3 Å². The second-order valence-electron chi connectivity index (χ2n) is 7.81. The number of nitrogens with zero attached hydrogens (tertiary/aromatic N) is 2. The Morgan fingerprint density at radius 1 is 1.03 bits per heavy atom. The molecule has 1 amide bonds. The molecule has 6 nitrogen and oxygen atoms in total. The normalized spacial score (nSPS) is 17.2. The fraction of sp³-hybridized carbons (Fsp3) is 0.409. The minimum absolute atomic E-state index is 0.184. The first-order chi connectivity index (χ1) is 13.9. The summed E-state index contributed by atoms with van der Waals surface area (Å²) in [5.74, 6) is -0.265. The van der Waals surface area contributed by atoms with Crippen molar-refractivity contribution in [2.75, 3.05) is 31.6 Å². The van der Waals surface area contributed by atoms with E-state index in [0.717, 1.165) is 37.8 Å². The van der Waals surface area contributed by atoms with Crippen LogP contribution in [0.1, 0.15) is 40.7 Å². The maximum Gasteiger partial charge on any atom is 0.251 e. The van der Waals surface area contributed by atoms with Crippen LogP contribution in [0.15, 0.2) is 47.4 Å². The van der Waals surface area contributed by atoms with Gasteiger partial charge in [0.2, 0.25) is 10.0 Å². The Bertz CT molecular complexity index is 1010. The van der Waals surface area contributed by atoms with Crippen LogP contribution in [0.2, 0.25) is 0 Å². The first-order valence-electron chi connectivity index (χ1n) is 10.2. The molecular weight excluding hydrogens is 386 g/mol. The Balaban J connectivity index is 1.45. The number of carbonyl (C=O) groups is 1. The third kappa shape index (κ3) is 4.16. The first-order valence-corrected chi connectivity index (χ1v) is 11.6. The van der Waals surface area contributed by atoms with Crippen molar-refractivity contribution in [3.63, 3.8) is 0 Å². The van der Waals surface area contributed by atoms with Gasteiger partial charge in [-0.2, -0.15) is 4.31 Å². The van der Waals surface area contributed by atoms with Gasteiger partial charge < -0.3 is 10.2 Å². The summed E-state index contributed by atoms with van der Waals surface area (Å²) in [7, 11) is -1.43. The van der Waals surface area contributed by atoms with Crippen molar-refractivity contribution < 1.29 is 13.2 Å². The number of fused-ring (bicyclic) bond motifs is 1. The van der Waals surface area contributed by atoms with Gasteiger partial charge in [-0.25, -0.2) is 8.42 Å². The van der Waals surface area contributed by atoms with Gasteiger partial charge in [0, 0.05) is 44.5 Å². The van der Waals surface area contributed by atoms with E-state index in [-0.39, 0.29) is 10.8 Å². The molecule has 2 aliphatic rings. The van der Waals surface area contributed by atoms with Crippen LogP contribution in [0.4, 0.5) is 5.69 Å². The molecule has 1 fully saturated rings. The van der Waals surface area contributed by atoms with E-state index in [1.807, 2.05) is 6.07 Å². The lowest BCUT2D eigenvalue weighted by molar-refractivity contribution is 0.0950. The molecular formula is C22H27N3O3S. The number of amides is 1. The lowest BCUT2D eigenvalue weighted by atomic mass is 9.99. The van der Waals surface area contributed by atoms with Gasteiger partial charge in [0.25, 0.3) is 5.91 Å². The van der Waals surface area contributed by atoms with Crippen molar-refractivity contribution in [3.05, 3.63) is 59.2 Å². The number of carbonyl (C=O) groups excluding carboxylic acids is 1. The summed E-state index contributed by atoms with van der Waals surface area (Å²) in [6.45, 7) is 2.58. The molecule has 154 valence electrons. The summed E-state index contributed by atoms with van der Waals surface area (Å²) >= 11 is 0. The van der Waals surface area contributed by atoms with Gasteiger partial charge in [0.05, 0.1) is 4.90 Å². The first kappa shape index (κ1) is 19.9. The van der Waals surface area contributed by atoms with Crippen molar-refractivity contribution >= 4 is 21.6 Å². The summed E-state index contributed by atoms with van der Waals surface area (Å²) in [6, 6.07) is 12.6. The Morgan fingerprint density at radius 2 is 1.83 bits per heavy atom. The van der Waals surface area contributed by atoms with Crippen molar-refractivity contribution in [1.29, 1.82) is 0 Å². The lowest BCUT2D eigenvalue weighted by Crippen LogP contribution is -2.28. The number of sulfonamides is 1. The van der Waals surface area contributed by atoms with Crippen LogP contribution in [0.25, 0.3) is 0 Å². The van der Waals surface area contributed by atoms with E-state index in [9.17, 15) is 13.2 Å². The summed E-state index contributed by atoms with van der Waals surface area (Å²) in [4.78, 5) is 15.1. The van der Waals surface area contributed by atoms with Crippen LogP contribution >= 0.6 is 0 Å². The Hall–Kier alpha value is -2.38. The zero-order chi connectivity index (χ0) is 20.4. The predicted octanol–water partition coefficient (Wildman–Crippen LogP) is 2.78. The molecule has 2 heterocycles. The molecule has 1 N–H and O–H groups in total. The van der Waals surface area contributed by atoms with E-state index >= 15 is 0 Å². The lowest BCUT2D eigenvalue weighted by Gasteiger charge is -2.27. The third-order valence-corrected chi connectivity index (χ3v) is 7.64. The van der Waals surface area contributed by atoms with Crippen LogP contribution in [-0.2, 0) is 23.0 Å². The molecule has 0 bridgehead atoms. The Morgan fingerprint density at radius 3 is 2.62 bits per heavy atom. The van der Waals surface area contributed by atoms with E-state index < -0.39 is 10.0 Å². The zero-order valence-corrected chi connectivity index (χ0v) is 17.5. The van der Waals surface area contributed by atoms with Crippen molar-refractivity contribution in [1.82, 2.24) is 9.62 Å². The summed E-state index contributed by atoms with van der Waals surface area (Å²) in [6.07, 6.45) is 3.96. The second-order valence-corrected chi connectivity index (χ2v) is 9.75. The molecule has 1 saturated heterocycles. The van der Waals surface area contributed by atoms with E-state index in [4.69, 9.17) is 0 Å². The number of rotatable bonds is 5. The Labute approximate surface area is 172 Å². The summed E-state index contributed by atoms with van der Waals surface area (Å²) in [5.41, 5.74) is 3.98. The smallest absolute Gasteiger partial charge is 0.251 e. The topological polar surface area (TPSA) is 69.7 Å². The SMILES string of the molecule is CN1CCCc2cc(CNC(=O)c3cccc(S(=O)(=O)N4CCCC4)c3)ccc21. The quantitative estimate of drug-likeness (QED) is 0.818. The molecule has 0 atom stereocenters. The molecule has 0 unspecified atom stereocenters. The summed E-state index contributed by atoms with van der Waals surface area (Å²) in [5, 5.41) is 2.92.